The third-order valence-electron chi connectivity index (χ3n) is 3.35. The molecule has 2 aromatic heterocycles. The van der Waals surface area contributed by atoms with Crippen LogP contribution in [0.3, 0.4) is 0 Å². The largest absolute Gasteiger partial charge is 0.294 e. The molecular formula is C15H20N2S. The molecule has 3 heteroatoms. The summed E-state index contributed by atoms with van der Waals surface area (Å²) in [6.45, 7) is 5.43. The smallest absolute Gasteiger partial charge is 0.0361 e. The third kappa shape index (κ3) is 2.98. The first kappa shape index (κ1) is 13.2. The molecule has 2 nitrogen and oxygen atoms in total. The SMILES string of the molecule is CC[C@H](c1cccnc1)N(C)Cc1sccc1C. The van der Waals surface area contributed by atoms with Crippen molar-refractivity contribution in [2.24, 2.45) is 0 Å². The summed E-state index contributed by atoms with van der Waals surface area (Å²) in [4.78, 5) is 8.10. The highest BCUT2D eigenvalue weighted by atomic mass is 32.1. The van der Waals surface area contributed by atoms with Crippen LogP contribution in [0.25, 0.3) is 0 Å². The topological polar surface area (TPSA) is 16.1 Å². The van der Waals surface area contributed by atoms with Gasteiger partial charge in [0.15, 0.2) is 0 Å². The van der Waals surface area contributed by atoms with Gasteiger partial charge in [-0.1, -0.05) is 13.0 Å². The fraction of sp³-hybridized carbons (Fsp3) is 0.400. The fourth-order valence-electron chi connectivity index (χ4n) is 2.28. The van der Waals surface area contributed by atoms with E-state index in [4.69, 9.17) is 0 Å². The van der Waals surface area contributed by atoms with Gasteiger partial charge in [-0.3, -0.25) is 9.88 Å². The number of aryl methyl sites for hydroxylation is 1. The van der Waals surface area contributed by atoms with Gasteiger partial charge in [0.1, 0.15) is 0 Å². The summed E-state index contributed by atoms with van der Waals surface area (Å²) in [5.74, 6) is 0. The van der Waals surface area contributed by atoms with Crippen molar-refractivity contribution < 1.29 is 0 Å². The minimum absolute atomic E-state index is 0.445. The highest BCUT2D eigenvalue weighted by Gasteiger charge is 2.16. The number of hydrogen-bond acceptors (Lipinski definition) is 3. The van der Waals surface area contributed by atoms with Gasteiger partial charge in [0.25, 0.3) is 0 Å². The van der Waals surface area contributed by atoms with Crippen LogP contribution < -0.4 is 0 Å². The molecule has 2 heterocycles. The Bertz CT molecular complexity index is 478. The lowest BCUT2D eigenvalue weighted by molar-refractivity contribution is 0.231. The molecule has 0 bridgehead atoms. The predicted octanol–water partition coefficient (Wildman–Crippen LogP) is 4.03. The second kappa shape index (κ2) is 6.12. The van der Waals surface area contributed by atoms with Crippen LogP contribution in [-0.4, -0.2) is 16.9 Å². The number of nitrogens with zero attached hydrogens (tertiary/aromatic N) is 2. The van der Waals surface area contributed by atoms with E-state index >= 15 is 0 Å². The van der Waals surface area contributed by atoms with Gasteiger partial charge >= 0.3 is 0 Å². The molecule has 0 radical (unpaired) electrons. The maximum atomic E-state index is 4.23. The quantitative estimate of drug-likeness (QED) is 0.806. The van der Waals surface area contributed by atoms with E-state index < -0.39 is 0 Å². The third-order valence-corrected chi connectivity index (χ3v) is 4.36. The first-order valence-corrected chi connectivity index (χ1v) is 7.23. The van der Waals surface area contributed by atoms with E-state index in [-0.39, 0.29) is 0 Å². The zero-order chi connectivity index (χ0) is 13.0. The lowest BCUT2D eigenvalue weighted by Crippen LogP contribution is -2.23. The monoisotopic (exact) mass is 260 g/mol. The van der Waals surface area contributed by atoms with Crippen molar-refractivity contribution in [2.45, 2.75) is 32.9 Å². The Kier molecular flexibility index (Phi) is 4.50. The minimum atomic E-state index is 0.445. The first-order chi connectivity index (χ1) is 8.72. The number of thiophene rings is 1. The molecule has 0 unspecified atom stereocenters. The van der Waals surface area contributed by atoms with Crippen LogP contribution in [0, 0.1) is 6.92 Å². The van der Waals surface area contributed by atoms with Crippen molar-refractivity contribution >= 4 is 11.3 Å². The number of aromatic nitrogens is 1. The van der Waals surface area contributed by atoms with Crippen molar-refractivity contribution in [2.75, 3.05) is 7.05 Å². The number of pyridine rings is 1. The molecule has 0 saturated carbocycles. The Hall–Kier alpha value is -1.19. The molecule has 0 saturated heterocycles. The van der Waals surface area contributed by atoms with E-state index in [1.54, 1.807) is 0 Å². The number of hydrogen-bond donors (Lipinski definition) is 0. The van der Waals surface area contributed by atoms with Gasteiger partial charge in [-0.15, -0.1) is 11.3 Å². The maximum absolute atomic E-state index is 4.23. The van der Waals surface area contributed by atoms with Gasteiger partial charge in [0, 0.05) is 29.9 Å². The Morgan fingerprint density at radius 3 is 2.78 bits per heavy atom. The predicted molar refractivity (Wildman–Crippen MR) is 77.8 cm³/mol. The van der Waals surface area contributed by atoms with E-state index in [2.05, 4.69) is 48.3 Å². The average Bonchev–Trinajstić information content (AvgIpc) is 2.77. The highest BCUT2D eigenvalue weighted by molar-refractivity contribution is 7.10. The summed E-state index contributed by atoms with van der Waals surface area (Å²) in [6, 6.07) is 6.82. The fourth-order valence-corrected chi connectivity index (χ4v) is 3.25. The molecule has 0 aliphatic heterocycles. The second-order valence-corrected chi connectivity index (χ2v) is 5.65. The van der Waals surface area contributed by atoms with E-state index in [9.17, 15) is 0 Å². The Labute approximate surface area is 113 Å². The molecule has 0 N–H and O–H groups in total. The van der Waals surface area contributed by atoms with E-state index in [1.807, 2.05) is 29.8 Å². The molecule has 0 aliphatic rings. The minimum Gasteiger partial charge on any atom is -0.294 e. The second-order valence-electron chi connectivity index (χ2n) is 4.65. The van der Waals surface area contributed by atoms with Gasteiger partial charge < -0.3 is 0 Å². The van der Waals surface area contributed by atoms with Crippen LogP contribution in [0.4, 0.5) is 0 Å². The van der Waals surface area contributed by atoms with Crippen LogP contribution in [-0.2, 0) is 6.54 Å². The molecule has 0 aliphatic carbocycles. The summed E-state index contributed by atoms with van der Waals surface area (Å²) < 4.78 is 0. The molecule has 0 aromatic carbocycles. The maximum Gasteiger partial charge on any atom is 0.0361 e. The standard InChI is InChI=1S/C15H20N2S/c1-4-14(13-6-5-8-16-10-13)17(3)11-15-12(2)7-9-18-15/h5-10,14H,4,11H2,1-3H3/t14-/m1/s1. The van der Waals surface area contributed by atoms with E-state index in [0.29, 0.717) is 6.04 Å². The van der Waals surface area contributed by atoms with Crippen LogP contribution >= 0.6 is 11.3 Å². The molecule has 96 valence electrons. The molecular weight excluding hydrogens is 240 g/mol. The van der Waals surface area contributed by atoms with Gasteiger partial charge in [0.2, 0.25) is 0 Å². The Morgan fingerprint density at radius 2 is 2.22 bits per heavy atom. The lowest BCUT2D eigenvalue weighted by Gasteiger charge is -2.27. The zero-order valence-electron chi connectivity index (χ0n) is 11.3. The van der Waals surface area contributed by atoms with Crippen molar-refractivity contribution in [3.63, 3.8) is 0 Å². The highest BCUT2D eigenvalue weighted by Crippen LogP contribution is 2.26. The van der Waals surface area contributed by atoms with Gasteiger partial charge in [-0.05, 0) is 49.0 Å². The van der Waals surface area contributed by atoms with Crippen LogP contribution in [0.5, 0.6) is 0 Å². The molecule has 2 rings (SSSR count). The average molecular weight is 260 g/mol. The summed E-state index contributed by atoms with van der Waals surface area (Å²) in [5.41, 5.74) is 2.70. The summed E-state index contributed by atoms with van der Waals surface area (Å²) in [6.07, 6.45) is 4.91. The zero-order valence-corrected chi connectivity index (χ0v) is 12.1. The molecule has 0 amide bonds. The summed E-state index contributed by atoms with van der Waals surface area (Å²) in [5, 5.41) is 2.17. The van der Waals surface area contributed by atoms with Crippen LogP contribution in [0.15, 0.2) is 36.0 Å². The van der Waals surface area contributed by atoms with Gasteiger partial charge in [-0.2, -0.15) is 0 Å². The normalized spacial score (nSPS) is 12.9. The molecule has 0 spiro atoms. The first-order valence-electron chi connectivity index (χ1n) is 6.35. The lowest BCUT2D eigenvalue weighted by atomic mass is 10.1. The van der Waals surface area contributed by atoms with Crippen LogP contribution in [0.1, 0.15) is 35.4 Å². The Morgan fingerprint density at radius 1 is 1.39 bits per heavy atom. The molecule has 0 fully saturated rings. The van der Waals surface area contributed by atoms with E-state index in [1.165, 1.54) is 16.0 Å². The van der Waals surface area contributed by atoms with Gasteiger partial charge in [0.05, 0.1) is 0 Å². The van der Waals surface area contributed by atoms with Gasteiger partial charge in [-0.25, -0.2) is 0 Å². The molecule has 18 heavy (non-hydrogen) atoms. The Balaban J connectivity index is 2.11. The summed E-state index contributed by atoms with van der Waals surface area (Å²) in [7, 11) is 2.19. The van der Waals surface area contributed by atoms with Crippen molar-refractivity contribution in [3.8, 4) is 0 Å². The summed E-state index contributed by atoms with van der Waals surface area (Å²) >= 11 is 1.84. The van der Waals surface area contributed by atoms with Crippen molar-refractivity contribution in [3.05, 3.63) is 52.0 Å². The van der Waals surface area contributed by atoms with Crippen molar-refractivity contribution in [1.29, 1.82) is 0 Å². The molecule has 2 aromatic rings. The molecule has 1 atom stereocenters. The number of rotatable bonds is 5. The van der Waals surface area contributed by atoms with Crippen molar-refractivity contribution in [1.82, 2.24) is 9.88 Å². The van der Waals surface area contributed by atoms with Crippen LogP contribution in [0.2, 0.25) is 0 Å². The van der Waals surface area contributed by atoms with E-state index in [0.717, 1.165) is 13.0 Å².